The SMILES string of the molecule is CC(CS(=O)(=O)c1ccc(F)c(C(=O)Cc2ccc(F)c(F)c2)c1)c1ccccc1F. The van der Waals surface area contributed by atoms with Crippen molar-refractivity contribution in [1.29, 1.82) is 0 Å². The molecule has 0 amide bonds. The molecule has 0 radical (unpaired) electrons. The van der Waals surface area contributed by atoms with E-state index in [0.717, 1.165) is 30.3 Å². The highest BCUT2D eigenvalue weighted by Gasteiger charge is 2.24. The zero-order valence-electron chi connectivity index (χ0n) is 16.4. The van der Waals surface area contributed by atoms with Crippen molar-refractivity contribution in [2.24, 2.45) is 0 Å². The first-order chi connectivity index (χ1) is 14.6. The molecular formula is C23H18F4O3S. The van der Waals surface area contributed by atoms with Gasteiger partial charge in [-0.25, -0.2) is 26.0 Å². The van der Waals surface area contributed by atoms with E-state index in [4.69, 9.17) is 0 Å². The summed E-state index contributed by atoms with van der Waals surface area (Å²) in [6, 6.07) is 11.5. The van der Waals surface area contributed by atoms with Crippen LogP contribution in [0.2, 0.25) is 0 Å². The molecule has 162 valence electrons. The summed E-state index contributed by atoms with van der Waals surface area (Å²) < 4.78 is 80.2. The van der Waals surface area contributed by atoms with E-state index in [-0.39, 0.29) is 16.0 Å². The van der Waals surface area contributed by atoms with Gasteiger partial charge in [0.15, 0.2) is 27.3 Å². The van der Waals surface area contributed by atoms with Gasteiger partial charge >= 0.3 is 0 Å². The van der Waals surface area contributed by atoms with Crippen LogP contribution in [-0.4, -0.2) is 20.0 Å². The topological polar surface area (TPSA) is 51.2 Å². The molecule has 0 bridgehead atoms. The van der Waals surface area contributed by atoms with Gasteiger partial charge in [0.2, 0.25) is 0 Å². The number of hydrogen-bond acceptors (Lipinski definition) is 3. The highest BCUT2D eigenvalue weighted by Crippen LogP contribution is 2.25. The van der Waals surface area contributed by atoms with Gasteiger partial charge in [0.25, 0.3) is 0 Å². The number of benzene rings is 3. The van der Waals surface area contributed by atoms with E-state index in [0.29, 0.717) is 0 Å². The van der Waals surface area contributed by atoms with Crippen LogP contribution in [0.15, 0.2) is 65.6 Å². The lowest BCUT2D eigenvalue weighted by atomic mass is 10.0. The maximum atomic E-state index is 14.2. The van der Waals surface area contributed by atoms with Crippen molar-refractivity contribution in [2.75, 3.05) is 5.75 Å². The maximum absolute atomic E-state index is 14.2. The van der Waals surface area contributed by atoms with Crippen molar-refractivity contribution in [3.63, 3.8) is 0 Å². The second kappa shape index (κ2) is 9.01. The van der Waals surface area contributed by atoms with Gasteiger partial charge in [0, 0.05) is 6.42 Å². The van der Waals surface area contributed by atoms with E-state index in [9.17, 15) is 30.8 Å². The summed E-state index contributed by atoms with van der Waals surface area (Å²) in [5.41, 5.74) is -0.142. The average Bonchev–Trinajstić information content (AvgIpc) is 2.70. The van der Waals surface area contributed by atoms with Crippen molar-refractivity contribution in [1.82, 2.24) is 0 Å². The van der Waals surface area contributed by atoms with E-state index in [1.807, 2.05) is 0 Å². The molecule has 3 nitrogen and oxygen atoms in total. The number of ketones is 1. The molecule has 0 aliphatic carbocycles. The monoisotopic (exact) mass is 450 g/mol. The Bertz CT molecular complexity index is 1240. The van der Waals surface area contributed by atoms with Crippen LogP contribution in [0.25, 0.3) is 0 Å². The van der Waals surface area contributed by atoms with Crippen molar-refractivity contribution < 1.29 is 30.8 Å². The molecule has 0 fully saturated rings. The van der Waals surface area contributed by atoms with Gasteiger partial charge < -0.3 is 0 Å². The number of rotatable bonds is 7. The lowest BCUT2D eigenvalue weighted by molar-refractivity contribution is 0.0989. The summed E-state index contributed by atoms with van der Waals surface area (Å²) in [6.07, 6.45) is -0.441. The number of sulfone groups is 1. The van der Waals surface area contributed by atoms with Crippen LogP contribution >= 0.6 is 0 Å². The van der Waals surface area contributed by atoms with E-state index in [1.54, 1.807) is 13.0 Å². The fourth-order valence-corrected chi connectivity index (χ4v) is 4.83. The molecule has 3 aromatic carbocycles. The molecule has 1 atom stereocenters. The molecule has 31 heavy (non-hydrogen) atoms. The van der Waals surface area contributed by atoms with Gasteiger partial charge in [-0.05, 0) is 53.4 Å². The van der Waals surface area contributed by atoms with E-state index in [1.165, 1.54) is 24.3 Å². The quantitative estimate of drug-likeness (QED) is 0.281. The standard InChI is InChI=1S/C23H18F4O3S/c1-14(17-4-2-3-5-19(17)24)13-31(29,30)16-7-9-20(25)18(12-16)23(28)11-15-6-8-21(26)22(27)10-15/h2-10,12,14H,11,13H2,1H3. The van der Waals surface area contributed by atoms with E-state index in [2.05, 4.69) is 0 Å². The second-order valence-corrected chi connectivity index (χ2v) is 9.23. The minimum atomic E-state index is -3.98. The summed E-state index contributed by atoms with van der Waals surface area (Å²) in [6.45, 7) is 1.55. The predicted octanol–water partition coefficient (Wildman–Crippen LogP) is 5.25. The molecule has 0 spiro atoms. The first-order valence-electron chi connectivity index (χ1n) is 9.32. The third kappa shape index (κ3) is 5.19. The summed E-state index contributed by atoms with van der Waals surface area (Å²) in [4.78, 5) is 12.2. The molecule has 1 unspecified atom stereocenters. The summed E-state index contributed by atoms with van der Waals surface area (Å²) in [7, 11) is -3.98. The zero-order valence-corrected chi connectivity index (χ0v) is 17.2. The number of carbonyl (C=O) groups is 1. The molecule has 3 aromatic rings. The lowest BCUT2D eigenvalue weighted by Gasteiger charge is -2.14. The lowest BCUT2D eigenvalue weighted by Crippen LogP contribution is -2.15. The van der Waals surface area contributed by atoms with E-state index < -0.39 is 62.5 Å². The third-order valence-electron chi connectivity index (χ3n) is 4.85. The van der Waals surface area contributed by atoms with Crippen LogP contribution in [0.1, 0.15) is 34.3 Å². The van der Waals surface area contributed by atoms with Crippen LogP contribution in [0, 0.1) is 23.3 Å². The Kier molecular flexibility index (Phi) is 6.59. The van der Waals surface area contributed by atoms with Gasteiger partial charge in [-0.15, -0.1) is 0 Å². The van der Waals surface area contributed by atoms with Crippen LogP contribution in [0.3, 0.4) is 0 Å². The first kappa shape index (κ1) is 22.7. The summed E-state index contributed by atoms with van der Waals surface area (Å²) in [5, 5.41) is 0. The van der Waals surface area contributed by atoms with Crippen LogP contribution in [-0.2, 0) is 16.3 Å². The molecule has 0 saturated heterocycles. The Morgan fingerprint density at radius 2 is 1.52 bits per heavy atom. The Morgan fingerprint density at radius 1 is 0.839 bits per heavy atom. The predicted molar refractivity (Wildman–Crippen MR) is 108 cm³/mol. The highest BCUT2D eigenvalue weighted by atomic mass is 32.2. The van der Waals surface area contributed by atoms with Crippen molar-refractivity contribution in [3.05, 3.63) is 101 Å². The molecule has 0 N–H and O–H groups in total. The minimum absolute atomic E-state index is 0.115. The van der Waals surface area contributed by atoms with Gasteiger partial charge in [-0.2, -0.15) is 0 Å². The normalized spacial score (nSPS) is 12.5. The van der Waals surface area contributed by atoms with Gasteiger partial charge in [0.05, 0.1) is 16.2 Å². The van der Waals surface area contributed by atoms with Gasteiger partial charge in [-0.3, -0.25) is 4.79 Å². The Hall–Kier alpha value is -3.00. The number of halogens is 4. The fourth-order valence-electron chi connectivity index (χ4n) is 3.23. The summed E-state index contributed by atoms with van der Waals surface area (Å²) in [5.74, 6) is -5.62. The number of carbonyl (C=O) groups excluding carboxylic acids is 1. The van der Waals surface area contributed by atoms with Crippen LogP contribution < -0.4 is 0 Å². The largest absolute Gasteiger partial charge is 0.294 e. The Labute approximate surface area is 177 Å². The van der Waals surface area contributed by atoms with Crippen molar-refractivity contribution >= 4 is 15.6 Å². The molecule has 0 aromatic heterocycles. The van der Waals surface area contributed by atoms with Gasteiger partial charge in [-0.1, -0.05) is 31.2 Å². The number of hydrogen-bond donors (Lipinski definition) is 0. The van der Waals surface area contributed by atoms with Gasteiger partial charge in [0.1, 0.15) is 11.6 Å². The maximum Gasteiger partial charge on any atom is 0.178 e. The van der Waals surface area contributed by atoms with E-state index >= 15 is 0 Å². The number of Topliss-reactive ketones (excluding diaryl/α,β-unsaturated/α-hetero) is 1. The molecule has 0 saturated carbocycles. The molecular weight excluding hydrogens is 432 g/mol. The average molecular weight is 450 g/mol. The molecule has 0 heterocycles. The highest BCUT2D eigenvalue weighted by molar-refractivity contribution is 7.91. The smallest absolute Gasteiger partial charge is 0.178 e. The zero-order chi connectivity index (χ0) is 22.8. The minimum Gasteiger partial charge on any atom is -0.294 e. The molecule has 0 aliphatic heterocycles. The van der Waals surface area contributed by atoms with Crippen LogP contribution in [0.5, 0.6) is 0 Å². The Morgan fingerprint density at radius 3 is 2.19 bits per heavy atom. The van der Waals surface area contributed by atoms with Crippen molar-refractivity contribution in [3.8, 4) is 0 Å². The molecule has 0 aliphatic rings. The second-order valence-electron chi connectivity index (χ2n) is 7.19. The van der Waals surface area contributed by atoms with Crippen molar-refractivity contribution in [2.45, 2.75) is 24.2 Å². The third-order valence-corrected chi connectivity index (χ3v) is 6.76. The molecule has 3 rings (SSSR count). The van der Waals surface area contributed by atoms with Crippen LogP contribution in [0.4, 0.5) is 17.6 Å². The Balaban J connectivity index is 1.86. The fraction of sp³-hybridized carbons (Fsp3) is 0.174. The molecule has 8 heteroatoms. The summed E-state index contributed by atoms with van der Waals surface area (Å²) >= 11 is 0. The first-order valence-corrected chi connectivity index (χ1v) is 11.0.